The Morgan fingerprint density at radius 3 is 2.43 bits per heavy atom. The lowest BCUT2D eigenvalue weighted by Crippen LogP contribution is -2.48. The van der Waals surface area contributed by atoms with E-state index in [1.165, 1.54) is 17.0 Å². The quantitative estimate of drug-likeness (QED) is 0.433. The minimum Gasteiger partial charge on any atom is -0.438 e. The first-order chi connectivity index (χ1) is 17.7. The van der Waals surface area contributed by atoms with Crippen LogP contribution in [0.2, 0.25) is 0 Å². The number of benzene rings is 3. The number of hydrogen-bond donors (Lipinski definition) is 2. The zero-order valence-corrected chi connectivity index (χ0v) is 21.0. The van der Waals surface area contributed by atoms with Gasteiger partial charge in [-0.05, 0) is 67.8 Å². The van der Waals surface area contributed by atoms with Crippen LogP contribution in [0.15, 0.2) is 72.8 Å². The molecule has 0 bridgehead atoms. The minimum absolute atomic E-state index is 0.0814. The average Bonchev–Trinajstić information content (AvgIpc) is 3.21. The van der Waals surface area contributed by atoms with Crippen molar-refractivity contribution in [2.45, 2.75) is 51.9 Å². The number of hydrogen-bond acceptors (Lipinski definition) is 4. The molecule has 1 fully saturated rings. The Morgan fingerprint density at radius 1 is 1.05 bits per heavy atom. The van der Waals surface area contributed by atoms with Gasteiger partial charge in [0.25, 0.3) is 5.91 Å². The van der Waals surface area contributed by atoms with E-state index in [-0.39, 0.29) is 30.2 Å². The standard InChI is InChI=1S/C29H30FN3O4/c1-4-19(3)31-28(35)25-26(37-29(36)33(25)17-20-10-14-23(30)15-11-20)22-6-5-7-24(16-22)32-27(34)21-12-8-18(2)9-13-21/h5-16,19,25-26H,4,17H2,1-3H3,(H,31,35)(H,32,34). The molecule has 2 N–H and O–H groups in total. The molecule has 3 aromatic rings. The normalized spacial score (nSPS) is 17.7. The molecule has 192 valence electrons. The van der Waals surface area contributed by atoms with E-state index in [1.807, 2.05) is 32.9 Å². The van der Waals surface area contributed by atoms with Crippen LogP contribution in [-0.4, -0.2) is 34.9 Å². The Kier molecular flexibility index (Phi) is 7.86. The summed E-state index contributed by atoms with van der Waals surface area (Å²) in [5.74, 6) is -1.01. The second-order valence-electron chi connectivity index (χ2n) is 9.27. The maximum Gasteiger partial charge on any atom is 0.411 e. The first-order valence-electron chi connectivity index (χ1n) is 12.2. The largest absolute Gasteiger partial charge is 0.438 e. The third-order valence-electron chi connectivity index (χ3n) is 6.41. The molecule has 0 aromatic heterocycles. The molecule has 3 aromatic carbocycles. The summed E-state index contributed by atoms with van der Waals surface area (Å²) >= 11 is 0. The number of halogens is 1. The van der Waals surface area contributed by atoms with Crippen LogP contribution in [0, 0.1) is 12.7 Å². The first kappa shape index (κ1) is 25.9. The van der Waals surface area contributed by atoms with Crippen molar-refractivity contribution < 1.29 is 23.5 Å². The lowest BCUT2D eigenvalue weighted by molar-refractivity contribution is -0.127. The molecule has 0 radical (unpaired) electrons. The van der Waals surface area contributed by atoms with Crippen molar-refractivity contribution in [1.82, 2.24) is 10.2 Å². The van der Waals surface area contributed by atoms with Crippen LogP contribution in [0.5, 0.6) is 0 Å². The predicted molar refractivity (Wildman–Crippen MR) is 138 cm³/mol. The number of nitrogens with zero attached hydrogens (tertiary/aromatic N) is 1. The number of rotatable bonds is 8. The van der Waals surface area contributed by atoms with Gasteiger partial charge in [0.2, 0.25) is 5.91 Å². The van der Waals surface area contributed by atoms with Crippen molar-refractivity contribution in [2.24, 2.45) is 0 Å². The highest BCUT2D eigenvalue weighted by Gasteiger charge is 2.47. The summed E-state index contributed by atoms with van der Waals surface area (Å²) in [7, 11) is 0. The average molecular weight is 504 g/mol. The van der Waals surface area contributed by atoms with Crippen molar-refractivity contribution in [2.75, 3.05) is 5.32 Å². The van der Waals surface area contributed by atoms with Crippen LogP contribution in [0.1, 0.15) is 53.4 Å². The molecule has 4 rings (SSSR count). The van der Waals surface area contributed by atoms with Gasteiger partial charge in [-0.1, -0.05) is 48.9 Å². The number of cyclic esters (lactones) is 1. The molecule has 1 aliphatic rings. The van der Waals surface area contributed by atoms with Crippen molar-refractivity contribution in [1.29, 1.82) is 0 Å². The van der Waals surface area contributed by atoms with Gasteiger partial charge < -0.3 is 15.4 Å². The Morgan fingerprint density at radius 2 is 1.76 bits per heavy atom. The van der Waals surface area contributed by atoms with E-state index in [1.54, 1.807) is 48.5 Å². The van der Waals surface area contributed by atoms with Gasteiger partial charge in [0, 0.05) is 17.3 Å². The van der Waals surface area contributed by atoms with Crippen LogP contribution in [-0.2, 0) is 16.1 Å². The van der Waals surface area contributed by atoms with E-state index in [0.29, 0.717) is 22.4 Å². The van der Waals surface area contributed by atoms with E-state index in [0.717, 1.165) is 12.0 Å². The van der Waals surface area contributed by atoms with Gasteiger partial charge in [-0.25, -0.2) is 9.18 Å². The lowest BCUT2D eigenvalue weighted by Gasteiger charge is -2.26. The van der Waals surface area contributed by atoms with E-state index in [4.69, 9.17) is 4.74 Å². The van der Waals surface area contributed by atoms with E-state index < -0.39 is 18.2 Å². The minimum atomic E-state index is -0.949. The Balaban J connectivity index is 1.60. The number of anilines is 1. The highest BCUT2D eigenvalue weighted by Crippen LogP contribution is 2.35. The molecule has 0 saturated carbocycles. The van der Waals surface area contributed by atoms with Gasteiger partial charge in [-0.3, -0.25) is 14.5 Å². The Bertz CT molecular complexity index is 1280. The monoisotopic (exact) mass is 503 g/mol. The molecule has 0 aliphatic carbocycles. The first-order valence-corrected chi connectivity index (χ1v) is 12.2. The van der Waals surface area contributed by atoms with E-state index >= 15 is 0 Å². The van der Waals surface area contributed by atoms with Crippen LogP contribution in [0.3, 0.4) is 0 Å². The van der Waals surface area contributed by atoms with Gasteiger partial charge in [0.05, 0.1) is 6.54 Å². The molecule has 0 spiro atoms. The lowest BCUT2D eigenvalue weighted by atomic mass is 9.99. The highest BCUT2D eigenvalue weighted by atomic mass is 19.1. The smallest absolute Gasteiger partial charge is 0.411 e. The van der Waals surface area contributed by atoms with Gasteiger partial charge in [0.1, 0.15) is 5.82 Å². The van der Waals surface area contributed by atoms with Gasteiger partial charge in [0.15, 0.2) is 12.1 Å². The van der Waals surface area contributed by atoms with Gasteiger partial charge in [-0.15, -0.1) is 0 Å². The number of aryl methyl sites for hydroxylation is 1. The second kappa shape index (κ2) is 11.2. The molecule has 37 heavy (non-hydrogen) atoms. The molecule has 1 saturated heterocycles. The maximum atomic E-state index is 13.4. The van der Waals surface area contributed by atoms with Crippen LogP contribution in [0.4, 0.5) is 14.9 Å². The molecular weight excluding hydrogens is 473 g/mol. The molecule has 3 unspecified atom stereocenters. The summed E-state index contributed by atoms with van der Waals surface area (Å²) in [4.78, 5) is 40.4. The van der Waals surface area contributed by atoms with Crippen LogP contribution < -0.4 is 10.6 Å². The zero-order chi connectivity index (χ0) is 26.5. The van der Waals surface area contributed by atoms with Crippen molar-refractivity contribution in [3.63, 3.8) is 0 Å². The number of amides is 3. The fourth-order valence-corrected chi connectivity index (χ4v) is 4.13. The maximum absolute atomic E-state index is 13.4. The summed E-state index contributed by atoms with van der Waals surface area (Å²) < 4.78 is 19.1. The third-order valence-corrected chi connectivity index (χ3v) is 6.41. The van der Waals surface area contributed by atoms with Crippen molar-refractivity contribution >= 4 is 23.6 Å². The summed E-state index contributed by atoms with van der Waals surface area (Å²) in [6.45, 7) is 5.87. The summed E-state index contributed by atoms with van der Waals surface area (Å²) in [6.07, 6.45) is -0.822. The summed E-state index contributed by atoms with van der Waals surface area (Å²) in [5, 5.41) is 5.81. The van der Waals surface area contributed by atoms with E-state index in [9.17, 15) is 18.8 Å². The molecule has 7 nitrogen and oxygen atoms in total. The van der Waals surface area contributed by atoms with E-state index in [2.05, 4.69) is 10.6 Å². The molecule has 3 amide bonds. The zero-order valence-electron chi connectivity index (χ0n) is 21.0. The van der Waals surface area contributed by atoms with Crippen LogP contribution >= 0.6 is 0 Å². The fourth-order valence-electron chi connectivity index (χ4n) is 4.13. The molecule has 3 atom stereocenters. The fraction of sp³-hybridized carbons (Fsp3) is 0.276. The Hall–Kier alpha value is -4.20. The Labute approximate surface area is 215 Å². The highest BCUT2D eigenvalue weighted by molar-refractivity contribution is 6.04. The van der Waals surface area contributed by atoms with Crippen molar-refractivity contribution in [3.8, 4) is 0 Å². The number of ether oxygens (including phenoxy) is 1. The molecule has 1 heterocycles. The predicted octanol–water partition coefficient (Wildman–Crippen LogP) is 5.36. The molecule has 8 heteroatoms. The summed E-state index contributed by atoms with van der Waals surface area (Å²) in [5.41, 5.74) is 3.31. The number of nitrogens with one attached hydrogen (secondary N) is 2. The summed E-state index contributed by atoms with van der Waals surface area (Å²) in [6, 6.07) is 18.8. The SMILES string of the molecule is CCC(C)NC(=O)C1C(c2cccc(NC(=O)c3ccc(C)cc3)c2)OC(=O)N1Cc1ccc(F)cc1. The number of carbonyl (C=O) groups excluding carboxylic acids is 3. The van der Waals surface area contributed by atoms with Crippen molar-refractivity contribution in [3.05, 3.63) is 101 Å². The molecule has 1 aliphatic heterocycles. The van der Waals surface area contributed by atoms with Gasteiger partial charge >= 0.3 is 6.09 Å². The van der Waals surface area contributed by atoms with Crippen LogP contribution in [0.25, 0.3) is 0 Å². The topological polar surface area (TPSA) is 87.7 Å². The number of carbonyl (C=O) groups is 3. The molecular formula is C29H30FN3O4. The second-order valence-corrected chi connectivity index (χ2v) is 9.27. The van der Waals surface area contributed by atoms with Gasteiger partial charge in [-0.2, -0.15) is 0 Å². The third kappa shape index (κ3) is 6.14.